The van der Waals surface area contributed by atoms with Crippen LogP contribution in [0.5, 0.6) is 0 Å². The molecule has 0 aliphatic rings. The molecule has 15 heteroatoms. The fourth-order valence-electron chi connectivity index (χ4n) is 19.0. The van der Waals surface area contributed by atoms with Crippen LogP contribution < -0.4 is 22.8 Å². The Balaban J connectivity index is 0.000000122. The molecule has 20 rings (SSSR count). The summed E-state index contributed by atoms with van der Waals surface area (Å²) in [4.78, 5) is 24.0. The van der Waals surface area contributed by atoms with Crippen LogP contribution in [0.2, 0.25) is 0 Å². The Morgan fingerprint density at radius 3 is 0.828 bits per heavy atom. The standard InChI is InChI=1S/C25H29N2O.2C24H27N2O.2C23H25N2O/c1-15(2)13-19-9-11-21-20-10-7-17(5)23(24(20)28-25(21)26-19)22-12-8-18(16(3)4)14-27(22)6;1-14(2)11-18-8-10-20-19-9-7-15(3)22(23(19)27-24(20)25-18)21-12-16(4)17(5)13-26(21)6;1-6-17-8-12-21(26(5)14-17)22-16(4)7-10-19-20-11-9-18(13-15(2)3)25-24(20)27-23(19)22;1-14(2)12-17-8-10-19-18-9-7-16(4)21(22(18)26-23(19)24-17)20-11-6-15(3)13-25(20)5;1-14(2)12-17-7-9-19-18-8-6-16(4)21(22(18)26-23(19)24-17)20-13-15(3)10-11-25(20)5/h7-12,14-16H,13H2,1-6H3;7-10,12-14H,11H2,1-6H3;7-12,14-15H,6,13H2,1-5H3;2*6-11,13-14H,12H2,1-5H3/q5*+1. The van der Waals surface area contributed by atoms with Crippen molar-refractivity contribution in [3.63, 3.8) is 0 Å². The number of aromatic nitrogens is 10. The lowest BCUT2D eigenvalue weighted by Gasteiger charge is -2.08. The summed E-state index contributed by atoms with van der Waals surface area (Å²) in [7, 11) is 10.5. The van der Waals surface area contributed by atoms with Crippen LogP contribution in [-0.2, 0) is 73.8 Å². The summed E-state index contributed by atoms with van der Waals surface area (Å²) in [5, 5.41) is 11.1. The smallest absolute Gasteiger partial charge is 0.227 e. The summed E-state index contributed by atoms with van der Waals surface area (Å²) >= 11 is 0. The van der Waals surface area contributed by atoms with Gasteiger partial charge in [-0.05, 0) is 254 Å². The van der Waals surface area contributed by atoms with Gasteiger partial charge in [0.2, 0.25) is 57.0 Å². The van der Waals surface area contributed by atoms with Gasteiger partial charge in [0.05, 0.1) is 27.8 Å². The van der Waals surface area contributed by atoms with Gasteiger partial charge in [0.25, 0.3) is 0 Å². The molecule has 0 saturated heterocycles. The van der Waals surface area contributed by atoms with E-state index in [2.05, 4.69) is 417 Å². The van der Waals surface area contributed by atoms with E-state index < -0.39 is 0 Å². The first-order valence-electron chi connectivity index (χ1n) is 48.0. The molecule has 20 aromatic rings. The van der Waals surface area contributed by atoms with Crippen molar-refractivity contribution in [2.24, 2.45) is 64.8 Å². The van der Waals surface area contributed by atoms with Gasteiger partial charge in [0.1, 0.15) is 35.2 Å². The maximum atomic E-state index is 6.35. The zero-order valence-corrected chi connectivity index (χ0v) is 83.9. The third-order valence-corrected chi connectivity index (χ3v) is 26.0. The van der Waals surface area contributed by atoms with E-state index in [1.54, 1.807) is 0 Å². The first-order chi connectivity index (χ1) is 64.0. The van der Waals surface area contributed by atoms with Crippen LogP contribution in [0.3, 0.4) is 0 Å². The molecule has 684 valence electrons. The fourth-order valence-corrected chi connectivity index (χ4v) is 19.0. The SMILES string of the molecule is CCc1ccc(-c2c(C)ccc3c2oc2nc(CC(C)C)ccc23)[n+](C)c1.Cc1cc(-c2c(C)ccc3c2oc2nc(CC(C)C)ccc23)[n+](C)cc1C.Cc1cc[n+](C)c(-c2c(C)ccc3c2oc2nc(CC(C)C)ccc23)c1.Cc1ccc(-c2c(C)ccc3c2oc2nc(CC(C)C)ccc23)[n+](C)c1.Cc1ccc2c(oc3nc(CC(C)C)ccc32)c1-c1ccc(C(C)C)c[n+]1C. The van der Waals surface area contributed by atoms with Crippen LogP contribution in [0.25, 0.3) is 167 Å². The molecule has 15 nitrogen and oxygen atoms in total. The summed E-state index contributed by atoms with van der Waals surface area (Å²) in [5.41, 5.74) is 39.1. The van der Waals surface area contributed by atoms with E-state index in [0.29, 0.717) is 35.5 Å². The topological polar surface area (TPSA) is 150 Å². The van der Waals surface area contributed by atoms with E-state index in [1.165, 1.54) is 66.9 Å². The molecule has 15 aromatic heterocycles. The molecule has 5 aromatic carbocycles. The molecule has 0 bridgehead atoms. The second-order valence-corrected chi connectivity index (χ2v) is 40.0. The highest BCUT2D eigenvalue weighted by Crippen LogP contribution is 2.44. The average molecular weight is 1780 g/mol. The Morgan fingerprint density at radius 1 is 0.246 bits per heavy atom. The third kappa shape index (κ3) is 19.4. The van der Waals surface area contributed by atoms with Gasteiger partial charge < -0.3 is 22.1 Å². The zero-order chi connectivity index (χ0) is 95.3. The summed E-state index contributed by atoms with van der Waals surface area (Å²) in [6, 6.07) is 62.9. The van der Waals surface area contributed by atoms with Gasteiger partial charge in [-0.25, -0.2) is 47.8 Å². The lowest BCUT2D eigenvalue weighted by atomic mass is 9.99. The van der Waals surface area contributed by atoms with Gasteiger partial charge in [-0.15, -0.1) is 0 Å². The lowest BCUT2D eigenvalue weighted by molar-refractivity contribution is -0.660. The molecule has 0 saturated carbocycles. The maximum Gasteiger partial charge on any atom is 0.227 e. The minimum absolute atomic E-state index is 0.506. The Hall–Kier alpha value is -13.4. The Morgan fingerprint density at radius 2 is 0.530 bits per heavy atom. The molecule has 0 amide bonds. The van der Waals surface area contributed by atoms with Crippen LogP contribution in [0, 0.1) is 91.9 Å². The molecule has 0 fully saturated rings. The average Bonchev–Trinajstić information content (AvgIpc) is 1.63. The predicted octanol–water partition coefficient (Wildman–Crippen LogP) is 27.8. The van der Waals surface area contributed by atoms with Crippen molar-refractivity contribution in [1.82, 2.24) is 24.9 Å². The van der Waals surface area contributed by atoms with Crippen molar-refractivity contribution in [2.75, 3.05) is 0 Å². The zero-order valence-electron chi connectivity index (χ0n) is 83.9. The second kappa shape index (κ2) is 39.0. The molecular weight excluding hydrogens is 1650 g/mol. The van der Waals surface area contributed by atoms with E-state index in [1.807, 2.05) is 0 Å². The van der Waals surface area contributed by atoms with Crippen LogP contribution in [-0.4, -0.2) is 24.9 Å². The van der Waals surface area contributed by atoms with E-state index in [0.717, 1.165) is 228 Å². The van der Waals surface area contributed by atoms with Crippen molar-refractivity contribution < 1.29 is 44.9 Å². The Kier molecular flexibility index (Phi) is 27.3. The van der Waals surface area contributed by atoms with Crippen molar-refractivity contribution >= 4 is 110 Å². The largest absolute Gasteiger partial charge is 0.437 e. The van der Waals surface area contributed by atoms with Crippen molar-refractivity contribution in [1.29, 1.82) is 0 Å². The third-order valence-electron chi connectivity index (χ3n) is 26.0. The molecule has 15 heterocycles. The summed E-state index contributed by atoms with van der Waals surface area (Å²) in [6.07, 6.45) is 16.7. The van der Waals surface area contributed by atoms with Crippen molar-refractivity contribution in [3.8, 4) is 56.3 Å². The number of aryl methyl sites for hydroxylation is 15. The number of fused-ring (bicyclic) bond motifs is 15. The number of furan rings is 5. The number of hydrogen-bond acceptors (Lipinski definition) is 10. The van der Waals surface area contributed by atoms with Crippen LogP contribution in [0.1, 0.15) is 186 Å². The predicted molar refractivity (Wildman–Crippen MR) is 549 cm³/mol. The van der Waals surface area contributed by atoms with E-state index in [9.17, 15) is 0 Å². The van der Waals surface area contributed by atoms with Gasteiger partial charge >= 0.3 is 0 Å². The summed E-state index contributed by atoms with van der Waals surface area (Å²) in [5.74, 6) is 3.39. The number of pyridine rings is 10. The maximum absolute atomic E-state index is 6.35. The number of rotatable bonds is 17. The van der Waals surface area contributed by atoms with E-state index in [-0.39, 0.29) is 0 Å². The van der Waals surface area contributed by atoms with E-state index in [4.69, 9.17) is 47.0 Å². The molecule has 0 aliphatic carbocycles. The van der Waals surface area contributed by atoms with Crippen LogP contribution >= 0.6 is 0 Å². The molecule has 0 radical (unpaired) electrons. The van der Waals surface area contributed by atoms with Gasteiger partial charge in [-0.1, -0.05) is 151 Å². The Bertz CT molecular complexity index is 7860. The highest BCUT2D eigenvalue weighted by atomic mass is 16.4. The monoisotopic (exact) mass is 1780 g/mol. The van der Waals surface area contributed by atoms with Gasteiger partial charge in [0.15, 0.2) is 58.9 Å². The number of benzene rings is 5. The summed E-state index contributed by atoms with van der Waals surface area (Å²) < 4.78 is 42.6. The minimum Gasteiger partial charge on any atom is -0.437 e. The highest BCUT2D eigenvalue weighted by molar-refractivity contribution is 6.13. The molecule has 0 N–H and O–H groups in total. The fraction of sp³-hybridized carbons (Fsp3) is 0.328. The molecule has 0 aliphatic heterocycles. The van der Waals surface area contributed by atoms with Gasteiger partial charge in [0, 0.05) is 141 Å². The molecule has 0 atom stereocenters. The van der Waals surface area contributed by atoms with Crippen LogP contribution in [0.15, 0.2) is 229 Å². The second-order valence-electron chi connectivity index (χ2n) is 40.0. The summed E-state index contributed by atoms with van der Waals surface area (Å²) in [6.45, 7) is 48.0. The van der Waals surface area contributed by atoms with E-state index >= 15 is 0 Å². The van der Waals surface area contributed by atoms with Gasteiger partial charge in [-0.3, -0.25) is 0 Å². The molecule has 0 unspecified atom stereocenters. The van der Waals surface area contributed by atoms with Crippen molar-refractivity contribution in [3.05, 3.63) is 297 Å². The minimum atomic E-state index is 0.506. The first kappa shape index (κ1) is 93.8. The van der Waals surface area contributed by atoms with Gasteiger partial charge in [-0.2, -0.15) is 0 Å². The number of hydrogen-bond donors (Lipinski definition) is 0. The lowest BCUT2D eigenvalue weighted by Crippen LogP contribution is -2.31. The van der Waals surface area contributed by atoms with Crippen LogP contribution in [0.4, 0.5) is 0 Å². The molecular formula is C119H133N10O5+5. The normalized spacial score (nSPS) is 11.8. The first-order valence-corrected chi connectivity index (χ1v) is 48.0. The Labute approximate surface area is 789 Å². The highest BCUT2D eigenvalue weighted by Gasteiger charge is 2.29. The van der Waals surface area contributed by atoms with Crippen molar-refractivity contribution in [2.45, 2.75) is 197 Å². The number of nitrogens with zero attached hydrogens (tertiary/aromatic N) is 10. The molecule has 0 spiro atoms. The quantitative estimate of drug-likeness (QED) is 0.0806. The molecule has 134 heavy (non-hydrogen) atoms.